The number of hydrogen-bond donors (Lipinski definition) is 0. The molecule has 0 bridgehead atoms. The SMILES string of the molecule is CCOC(=O)C(=O)c1cc(CC)ccc1CC. The van der Waals surface area contributed by atoms with E-state index in [1.807, 2.05) is 26.0 Å². The Bertz CT molecular complexity index is 421. The molecule has 0 radical (unpaired) electrons. The zero-order valence-electron chi connectivity index (χ0n) is 10.6. The Balaban J connectivity index is 3.09. The average molecular weight is 234 g/mol. The van der Waals surface area contributed by atoms with Gasteiger partial charge >= 0.3 is 5.97 Å². The third kappa shape index (κ3) is 3.16. The fourth-order valence-corrected chi connectivity index (χ4v) is 1.67. The van der Waals surface area contributed by atoms with Gasteiger partial charge in [-0.25, -0.2) is 4.79 Å². The summed E-state index contributed by atoms with van der Waals surface area (Å²) in [6, 6.07) is 5.68. The maximum atomic E-state index is 11.9. The highest BCUT2D eigenvalue weighted by molar-refractivity contribution is 6.41. The summed E-state index contributed by atoms with van der Waals surface area (Å²) in [5, 5.41) is 0. The van der Waals surface area contributed by atoms with Crippen molar-refractivity contribution in [2.45, 2.75) is 33.6 Å². The van der Waals surface area contributed by atoms with Gasteiger partial charge < -0.3 is 4.74 Å². The van der Waals surface area contributed by atoms with Gasteiger partial charge in [0.2, 0.25) is 0 Å². The van der Waals surface area contributed by atoms with Crippen LogP contribution in [0, 0.1) is 0 Å². The molecule has 0 spiro atoms. The number of aryl methyl sites for hydroxylation is 2. The topological polar surface area (TPSA) is 43.4 Å². The van der Waals surface area contributed by atoms with Gasteiger partial charge in [0.15, 0.2) is 0 Å². The van der Waals surface area contributed by atoms with Crippen LogP contribution in [-0.4, -0.2) is 18.4 Å². The molecule has 0 unspecified atom stereocenters. The van der Waals surface area contributed by atoms with E-state index in [4.69, 9.17) is 4.74 Å². The van der Waals surface area contributed by atoms with Gasteiger partial charge in [-0.1, -0.05) is 26.0 Å². The summed E-state index contributed by atoms with van der Waals surface area (Å²) in [6.45, 7) is 5.89. The van der Waals surface area contributed by atoms with Crippen LogP contribution in [0.3, 0.4) is 0 Å². The molecular formula is C14H18O3. The van der Waals surface area contributed by atoms with E-state index >= 15 is 0 Å². The second-order valence-electron chi connectivity index (χ2n) is 3.75. The molecule has 3 heteroatoms. The number of hydrogen-bond acceptors (Lipinski definition) is 3. The van der Waals surface area contributed by atoms with Crippen LogP contribution in [0.15, 0.2) is 18.2 Å². The molecular weight excluding hydrogens is 216 g/mol. The normalized spacial score (nSPS) is 10.1. The zero-order chi connectivity index (χ0) is 12.8. The van der Waals surface area contributed by atoms with E-state index in [0.717, 1.165) is 24.0 Å². The van der Waals surface area contributed by atoms with Crippen molar-refractivity contribution in [2.24, 2.45) is 0 Å². The highest BCUT2D eigenvalue weighted by atomic mass is 16.5. The monoisotopic (exact) mass is 234 g/mol. The number of rotatable bonds is 5. The molecule has 0 fully saturated rings. The first-order valence-electron chi connectivity index (χ1n) is 5.97. The Morgan fingerprint density at radius 2 is 1.82 bits per heavy atom. The molecule has 1 rings (SSSR count). The molecule has 92 valence electrons. The van der Waals surface area contributed by atoms with Crippen LogP contribution in [0.2, 0.25) is 0 Å². The Hall–Kier alpha value is -1.64. The summed E-state index contributed by atoms with van der Waals surface area (Å²) in [5.41, 5.74) is 2.42. The second kappa shape index (κ2) is 6.18. The number of benzene rings is 1. The van der Waals surface area contributed by atoms with Gasteiger partial charge in [0.1, 0.15) is 0 Å². The van der Waals surface area contributed by atoms with Crippen molar-refractivity contribution >= 4 is 11.8 Å². The molecule has 0 aromatic heterocycles. The van der Waals surface area contributed by atoms with Crippen molar-refractivity contribution in [3.05, 3.63) is 34.9 Å². The predicted octanol–water partition coefficient (Wildman–Crippen LogP) is 2.56. The lowest BCUT2D eigenvalue weighted by Crippen LogP contribution is -2.19. The quantitative estimate of drug-likeness (QED) is 0.447. The molecule has 3 nitrogen and oxygen atoms in total. The summed E-state index contributed by atoms with van der Waals surface area (Å²) in [6.07, 6.45) is 1.57. The smallest absolute Gasteiger partial charge is 0.379 e. The van der Waals surface area contributed by atoms with E-state index in [1.165, 1.54) is 0 Å². The highest BCUT2D eigenvalue weighted by Gasteiger charge is 2.20. The van der Waals surface area contributed by atoms with E-state index in [0.29, 0.717) is 5.56 Å². The van der Waals surface area contributed by atoms with E-state index in [-0.39, 0.29) is 6.61 Å². The van der Waals surface area contributed by atoms with Crippen LogP contribution >= 0.6 is 0 Å². The van der Waals surface area contributed by atoms with Gasteiger partial charge in [0, 0.05) is 5.56 Å². The van der Waals surface area contributed by atoms with Crippen LogP contribution < -0.4 is 0 Å². The molecule has 0 aliphatic heterocycles. The number of carbonyl (C=O) groups excluding carboxylic acids is 2. The van der Waals surface area contributed by atoms with Crippen LogP contribution in [0.5, 0.6) is 0 Å². The van der Waals surface area contributed by atoms with E-state index in [1.54, 1.807) is 13.0 Å². The van der Waals surface area contributed by atoms with E-state index < -0.39 is 11.8 Å². The number of esters is 1. The minimum Gasteiger partial charge on any atom is -0.460 e. The molecule has 1 aromatic carbocycles. The zero-order valence-corrected chi connectivity index (χ0v) is 10.6. The molecule has 0 amide bonds. The van der Waals surface area contributed by atoms with Crippen molar-refractivity contribution in [1.82, 2.24) is 0 Å². The van der Waals surface area contributed by atoms with Gasteiger partial charge in [0.25, 0.3) is 5.78 Å². The third-order valence-corrected chi connectivity index (χ3v) is 2.67. The van der Waals surface area contributed by atoms with Gasteiger partial charge in [-0.15, -0.1) is 0 Å². The first-order valence-corrected chi connectivity index (χ1v) is 5.97. The minimum absolute atomic E-state index is 0.222. The largest absolute Gasteiger partial charge is 0.460 e. The first kappa shape index (κ1) is 13.4. The summed E-state index contributed by atoms with van der Waals surface area (Å²) >= 11 is 0. The fraction of sp³-hybridized carbons (Fsp3) is 0.429. The molecule has 0 atom stereocenters. The molecule has 0 aliphatic carbocycles. The highest BCUT2D eigenvalue weighted by Crippen LogP contribution is 2.15. The van der Waals surface area contributed by atoms with Gasteiger partial charge in [-0.3, -0.25) is 4.79 Å². The molecule has 0 saturated heterocycles. The average Bonchev–Trinajstić information content (AvgIpc) is 2.37. The Morgan fingerprint density at radius 3 is 2.35 bits per heavy atom. The predicted molar refractivity (Wildman–Crippen MR) is 66.2 cm³/mol. The number of Topliss-reactive ketones (excluding diaryl/α,β-unsaturated/α-hetero) is 1. The molecule has 0 heterocycles. The molecule has 0 N–H and O–H groups in total. The van der Waals surface area contributed by atoms with Gasteiger partial charge in [0.05, 0.1) is 6.61 Å². The molecule has 0 saturated carbocycles. The standard InChI is InChI=1S/C14H18O3/c1-4-10-7-8-11(5-2)12(9-10)13(15)14(16)17-6-3/h7-9H,4-6H2,1-3H3. The molecule has 17 heavy (non-hydrogen) atoms. The minimum atomic E-state index is -0.768. The van der Waals surface area contributed by atoms with Crippen molar-refractivity contribution in [1.29, 1.82) is 0 Å². The lowest BCUT2D eigenvalue weighted by molar-refractivity contribution is -0.137. The summed E-state index contributed by atoms with van der Waals surface area (Å²) in [5.74, 6) is -1.31. The van der Waals surface area contributed by atoms with Crippen LogP contribution in [0.1, 0.15) is 42.3 Å². The first-order chi connectivity index (χ1) is 8.13. The number of ketones is 1. The maximum Gasteiger partial charge on any atom is 0.379 e. The van der Waals surface area contributed by atoms with Crippen LogP contribution in [0.4, 0.5) is 0 Å². The van der Waals surface area contributed by atoms with Crippen molar-refractivity contribution < 1.29 is 14.3 Å². The second-order valence-corrected chi connectivity index (χ2v) is 3.75. The van der Waals surface area contributed by atoms with E-state index in [2.05, 4.69) is 0 Å². The summed E-state index contributed by atoms with van der Waals surface area (Å²) < 4.78 is 4.74. The van der Waals surface area contributed by atoms with Gasteiger partial charge in [-0.2, -0.15) is 0 Å². The Labute approximate surface area is 102 Å². The van der Waals surface area contributed by atoms with Gasteiger partial charge in [-0.05, 0) is 37.0 Å². The number of carbonyl (C=O) groups is 2. The van der Waals surface area contributed by atoms with Crippen molar-refractivity contribution in [3.63, 3.8) is 0 Å². The Kier molecular flexibility index (Phi) is 4.88. The maximum absolute atomic E-state index is 11.9. The summed E-state index contributed by atoms with van der Waals surface area (Å²) in [4.78, 5) is 23.3. The lowest BCUT2D eigenvalue weighted by Gasteiger charge is -2.08. The third-order valence-electron chi connectivity index (χ3n) is 2.67. The van der Waals surface area contributed by atoms with E-state index in [9.17, 15) is 9.59 Å². The Morgan fingerprint density at radius 1 is 1.12 bits per heavy atom. The van der Waals surface area contributed by atoms with Crippen molar-refractivity contribution in [2.75, 3.05) is 6.61 Å². The summed E-state index contributed by atoms with van der Waals surface area (Å²) in [7, 11) is 0. The van der Waals surface area contributed by atoms with Crippen LogP contribution in [0.25, 0.3) is 0 Å². The molecule has 0 aliphatic rings. The number of ether oxygens (including phenoxy) is 1. The fourth-order valence-electron chi connectivity index (χ4n) is 1.67. The molecule has 1 aromatic rings. The van der Waals surface area contributed by atoms with Crippen LogP contribution in [-0.2, 0) is 22.4 Å². The van der Waals surface area contributed by atoms with Crippen molar-refractivity contribution in [3.8, 4) is 0 Å². The lowest BCUT2D eigenvalue weighted by atomic mass is 9.98.